The van der Waals surface area contributed by atoms with Crippen LogP contribution in [0.1, 0.15) is 37.4 Å². The Balaban J connectivity index is 2.04. The predicted molar refractivity (Wildman–Crippen MR) is 88.3 cm³/mol. The van der Waals surface area contributed by atoms with E-state index in [2.05, 4.69) is 28.4 Å². The molecule has 0 aliphatic heterocycles. The van der Waals surface area contributed by atoms with Crippen LogP contribution < -0.4 is 5.73 Å². The third kappa shape index (κ3) is 3.26. The molecule has 0 saturated carbocycles. The summed E-state index contributed by atoms with van der Waals surface area (Å²) in [6, 6.07) is 0. The molecule has 2 N–H and O–H groups in total. The third-order valence-electron chi connectivity index (χ3n) is 3.60. The van der Waals surface area contributed by atoms with Gasteiger partial charge in [0.1, 0.15) is 5.52 Å². The summed E-state index contributed by atoms with van der Waals surface area (Å²) in [5, 5.41) is 0. The Morgan fingerprint density at radius 2 is 2.00 bits per heavy atom. The maximum absolute atomic E-state index is 5.96. The summed E-state index contributed by atoms with van der Waals surface area (Å²) in [5.74, 6) is 3.02. The van der Waals surface area contributed by atoms with Crippen molar-refractivity contribution in [3.63, 3.8) is 0 Å². The number of nitrogens with zero attached hydrogens (tertiary/aromatic N) is 3. The van der Waals surface area contributed by atoms with Gasteiger partial charge in [0.05, 0.1) is 11.8 Å². The third-order valence-corrected chi connectivity index (χ3v) is 4.75. The van der Waals surface area contributed by atoms with Gasteiger partial charge in [-0.1, -0.05) is 13.3 Å². The molecule has 0 aliphatic rings. The second kappa shape index (κ2) is 6.97. The molecule has 0 saturated heterocycles. The van der Waals surface area contributed by atoms with Crippen LogP contribution in [0.25, 0.3) is 11.0 Å². The fourth-order valence-corrected chi connectivity index (χ4v) is 3.34. The van der Waals surface area contributed by atoms with E-state index in [-0.39, 0.29) is 0 Å². The van der Waals surface area contributed by atoms with Crippen molar-refractivity contribution in [3.8, 4) is 0 Å². The number of fused-ring (bicyclic) bond motifs is 1. The van der Waals surface area contributed by atoms with Crippen molar-refractivity contribution in [2.75, 3.05) is 17.2 Å². The van der Waals surface area contributed by atoms with E-state index in [9.17, 15) is 0 Å². The highest BCUT2D eigenvalue weighted by Crippen LogP contribution is 2.24. The summed E-state index contributed by atoms with van der Waals surface area (Å²) in [5.41, 5.74) is 10.1. The van der Waals surface area contributed by atoms with Crippen molar-refractivity contribution < 1.29 is 0 Å². The number of nitrogens with two attached hydrogens (primary N) is 1. The molecule has 0 aliphatic carbocycles. The maximum Gasteiger partial charge on any atom is 0.151 e. The average molecular weight is 292 g/mol. The quantitative estimate of drug-likeness (QED) is 0.793. The maximum atomic E-state index is 5.96. The van der Waals surface area contributed by atoms with Gasteiger partial charge in [-0.2, -0.15) is 11.8 Å². The number of imidazole rings is 1. The Morgan fingerprint density at radius 1 is 1.25 bits per heavy atom. The standard InChI is InChI=1S/C15H24N4S/c1-4-5-8-20-9-6-7-19-10-17-13-14(19)11(2)12(3)18-15(13)16/h10H,4-9H2,1-3H3,(H2,16,18). The predicted octanol–water partition coefficient (Wildman–Crippen LogP) is 3.55. The van der Waals surface area contributed by atoms with Crippen LogP contribution in [0.2, 0.25) is 0 Å². The Hall–Kier alpha value is -1.23. The molecule has 4 nitrogen and oxygen atoms in total. The largest absolute Gasteiger partial charge is 0.382 e. The van der Waals surface area contributed by atoms with Crippen molar-refractivity contribution in [2.45, 2.75) is 46.6 Å². The van der Waals surface area contributed by atoms with Gasteiger partial charge in [0.25, 0.3) is 0 Å². The van der Waals surface area contributed by atoms with E-state index in [1.807, 2.05) is 25.0 Å². The number of pyridine rings is 1. The molecule has 0 fully saturated rings. The SMILES string of the molecule is CCCCSCCCn1cnc2c(N)nc(C)c(C)c21. The van der Waals surface area contributed by atoms with Gasteiger partial charge < -0.3 is 10.3 Å². The van der Waals surface area contributed by atoms with E-state index in [0.29, 0.717) is 5.82 Å². The van der Waals surface area contributed by atoms with Gasteiger partial charge in [0.2, 0.25) is 0 Å². The van der Waals surface area contributed by atoms with Gasteiger partial charge in [-0.15, -0.1) is 0 Å². The first kappa shape index (κ1) is 15.2. The molecule has 0 aromatic carbocycles. The highest BCUT2D eigenvalue weighted by Gasteiger charge is 2.12. The van der Waals surface area contributed by atoms with Crippen LogP contribution >= 0.6 is 11.8 Å². The molecule has 20 heavy (non-hydrogen) atoms. The highest BCUT2D eigenvalue weighted by atomic mass is 32.2. The van der Waals surface area contributed by atoms with E-state index in [4.69, 9.17) is 5.73 Å². The Labute approximate surface area is 125 Å². The fraction of sp³-hybridized carbons (Fsp3) is 0.600. The average Bonchev–Trinajstić information content (AvgIpc) is 2.85. The summed E-state index contributed by atoms with van der Waals surface area (Å²) in [6.07, 6.45) is 5.66. The van der Waals surface area contributed by atoms with Crippen LogP contribution in [-0.4, -0.2) is 26.0 Å². The first-order valence-corrected chi connectivity index (χ1v) is 8.45. The molecular weight excluding hydrogens is 268 g/mol. The van der Waals surface area contributed by atoms with Crippen LogP contribution in [0, 0.1) is 13.8 Å². The summed E-state index contributed by atoms with van der Waals surface area (Å²) in [6.45, 7) is 7.34. The van der Waals surface area contributed by atoms with Crippen molar-refractivity contribution in [2.24, 2.45) is 0 Å². The molecule has 110 valence electrons. The van der Waals surface area contributed by atoms with Gasteiger partial charge in [-0.25, -0.2) is 9.97 Å². The van der Waals surface area contributed by atoms with E-state index < -0.39 is 0 Å². The molecular formula is C15H24N4S. The first-order valence-electron chi connectivity index (χ1n) is 7.30. The molecule has 2 aromatic heterocycles. The number of aromatic nitrogens is 3. The number of hydrogen-bond acceptors (Lipinski definition) is 4. The zero-order chi connectivity index (χ0) is 14.5. The lowest BCUT2D eigenvalue weighted by atomic mass is 10.2. The molecule has 2 rings (SSSR count). The number of anilines is 1. The molecule has 5 heteroatoms. The van der Waals surface area contributed by atoms with Crippen LogP contribution in [0.15, 0.2) is 6.33 Å². The number of hydrogen-bond donors (Lipinski definition) is 1. The zero-order valence-electron chi connectivity index (χ0n) is 12.6. The monoisotopic (exact) mass is 292 g/mol. The lowest BCUT2D eigenvalue weighted by Crippen LogP contribution is -2.02. The van der Waals surface area contributed by atoms with Crippen LogP contribution in [0.5, 0.6) is 0 Å². The van der Waals surface area contributed by atoms with Crippen LogP contribution in [0.3, 0.4) is 0 Å². The van der Waals surface area contributed by atoms with Crippen LogP contribution in [0.4, 0.5) is 5.82 Å². The smallest absolute Gasteiger partial charge is 0.151 e. The lowest BCUT2D eigenvalue weighted by molar-refractivity contribution is 0.700. The zero-order valence-corrected chi connectivity index (χ0v) is 13.5. The minimum Gasteiger partial charge on any atom is -0.382 e. The summed E-state index contributed by atoms with van der Waals surface area (Å²) < 4.78 is 2.22. The van der Waals surface area contributed by atoms with Crippen molar-refractivity contribution in [1.29, 1.82) is 0 Å². The summed E-state index contributed by atoms with van der Waals surface area (Å²) >= 11 is 2.04. The highest BCUT2D eigenvalue weighted by molar-refractivity contribution is 7.99. The first-order chi connectivity index (χ1) is 9.65. The Kier molecular flexibility index (Phi) is 5.29. The number of nitrogen functional groups attached to an aromatic ring is 1. The number of unbranched alkanes of at least 4 members (excludes halogenated alkanes) is 1. The van der Waals surface area contributed by atoms with E-state index in [1.54, 1.807) is 0 Å². The second-order valence-electron chi connectivity index (χ2n) is 5.16. The van der Waals surface area contributed by atoms with Crippen molar-refractivity contribution in [3.05, 3.63) is 17.6 Å². The van der Waals surface area contributed by atoms with Crippen molar-refractivity contribution >= 4 is 28.6 Å². The van der Waals surface area contributed by atoms with E-state index >= 15 is 0 Å². The lowest BCUT2D eigenvalue weighted by Gasteiger charge is -2.09. The molecule has 2 aromatic rings. The van der Waals surface area contributed by atoms with E-state index in [0.717, 1.165) is 23.3 Å². The molecule has 0 bridgehead atoms. The van der Waals surface area contributed by atoms with Gasteiger partial charge in [-0.3, -0.25) is 0 Å². The summed E-state index contributed by atoms with van der Waals surface area (Å²) in [7, 11) is 0. The van der Waals surface area contributed by atoms with Gasteiger partial charge >= 0.3 is 0 Å². The Morgan fingerprint density at radius 3 is 2.75 bits per heavy atom. The van der Waals surface area contributed by atoms with Gasteiger partial charge in [0.15, 0.2) is 5.82 Å². The van der Waals surface area contributed by atoms with Gasteiger partial charge in [0, 0.05) is 12.2 Å². The number of rotatable bonds is 7. The molecule has 2 heterocycles. The number of aryl methyl sites for hydroxylation is 3. The fourth-order valence-electron chi connectivity index (χ4n) is 2.31. The Bertz CT molecular complexity index is 577. The summed E-state index contributed by atoms with van der Waals surface area (Å²) in [4.78, 5) is 8.76. The molecule has 0 unspecified atom stereocenters. The number of thioether (sulfide) groups is 1. The molecule has 0 radical (unpaired) electrons. The second-order valence-corrected chi connectivity index (χ2v) is 6.39. The minimum atomic E-state index is 0.541. The topological polar surface area (TPSA) is 56.7 Å². The van der Waals surface area contributed by atoms with E-state index in [1.165, 1.54) is 36.3 Å². The molecule has 0 atom stereocenters. The molecule has 0 amide bonds. The van der Waals surface area contributed by atoms with Crippen LogP contribution in [-0.2, 0) is 6.54 Å². The molecule has 0 spiro atoms. The normalized spacial score (nSPS) is 11.3. The van der Waals surface area contributed by atoms with Crippen molar-refractivity contribution in [1.82, 2.24) is 14.5 Å². The minimum absolute atomic E-state index is 0.541. The van der Waals surface area contributed by atoms with Gasteiger partial charge in [-0.05, 0) is 43.8 Å².